The molecule has 0 aromatic rings. The average Bonchev–Trinajstić information content (AvgIpc) is 2.89. The Morgan fingerprint density at radius 1 is 1.31 bits per heavy atom. The molecule has 0 bridgehead atoms. The molecule has 2 fully saturated rings. The normalized spacial score (nSPS) is 32.6. The summed E-state index contributed by atoms with van der Waals surface area (Å²) in [6.45, 7) is 1.15. The molecule has 1 saturated carbocycles. The molecule has 1 heterocycles. The molecule has 0 radical (unpaired) electrons. The first kappa shape index (κ1) is 10.4. The molecule has 1 saturated heterocycles. The Balaban J connectivity index is 1.98. The zero-order valence-corrected chi connectivity index (χ0v) is 9.20. The van der Waals surface area contributed by atoms with Crippen LogP contribution in [-0.2, 0) is 14.3 Å². The number of hydrogen-bond acceptors (Lipinski definition) is 4. The highest BCUT2D eigenvalue weighted by atomic mass is 16.7. The zero-order valence-electron chi connectivity index (χ0n) is 9.20. The van der Waals surface area contributed by atoms with Crippen LogP contribution in [0.1, 0.15) is 25.7 Å². The van der Waals surface area contributed by atoms with Crippen molar-refractivity contribution >= 4 is 5.78 Å². The van der Waals surface area contributed by atoms with Crippen molar-refractivity contribution < 1.29 is 19.4 Å². The summed E-state index contributed by atoms with van der Waals surface area (Å²) >= 11 is 0. The first-order chi connectivity index (χ1) is 7.77. The second-order valence-corrected chi connectivity index (χ2v) is 4.69. The molecule has 1 aliphatic heterocycles. The van der Waals surface area contributed by atoms with E-state index in [9.17, 15) is 9.90 Å². The van der Waals surface area contributed by atoms with Crippen LogP contribution in [0.2, 0.25) is 0 Å². The van der Waals surface area contributed by atoms with Crippen LogP contribution >= 0.6 is 0 Å². The predicted molar refractivity (Wildman–Crippen MR) is 55.7 cm³/mol. The van der Waals surface area contributed by atoms with Crippen LogP contribution in [0.5, 0.6) is 0 Å². The number of Topliss-reactive ketones (excluding diaryl/α,β-unsaturated/α-hetero) is 1. The van der Waals surface area contributed by atoms with E-state index in [0.29, 0.717) is 25.2 Å². The second kappa shape index (κ2) is 3.65. The van der Waals surface area contributed by atoms with Crippen LogP contribution in [0.25, 0.3) is 0 Å². The molecule has 2 aliphatic carbocycles. The number of ketones is 1. The summed E-state index contributed by atoms with van der Waals surface area (Å²) in [5.74, 6) is -0.185. The minimum Gasteiger partial charge on any atom is -0.392 e. The molecule has 1 spiro atoms. The lowest BCUT2D eigenvalue weighted by Gasteiger charge is -2.32. The molecular formula is C12H16O4. The van der Waals surface area contributed by atoms with Crippen molar-refractivity contribution in [2.75, 3.05) is 19.8 Å². The maximum Gasteiger partial charge on any atom is 0.175 e. The molecule has 88 valence electrons. The standard InChI is InChI=1S/C12H16O4/c13-7-9-8-3-4-12(15-5-6-16-12)10(8)1-2-11(9)14/h10,13H,1-7H2. The number of ether oxygens (including phenoxy) is 2. The van der Waals surface area contributed by atoms with Gasteiger partial charge >= 0.3 is 0 Å². The van der Waals surface area contributed by atoms with Crippen molar-refractivity contribution in [3.63, 3.8) is 0 Å². The van der Waals surface area contributed by atoms with E-state index in [-0.39, 0.29) is 18.3 Å². The number of aliphatic hydroxyl groups is 1. The van der Waals surface area contributed by atoms with Gasteiger partial charge in [-0.1, -0.05) is 5.57 Å². The molecule has 0 aromatic carbocycles. The van der Waals surface area contributed by atoms with E-state index in [1.165, 1.54) is 0 Å². The lowest BCUT2D eigenvalue weighted by molar-refractivity contribution is -0.179. The SMILES string of the molecule is O=C1CCC2C(=C1CO)CCC21OCCO1. The van der Waals surface area contributed by atoms with Crippen molar-refractivity contribution in [3.05, 3.63) is 11.1 Å². The number of aliphatic hydroxyl groups excluding tert-OH is 1. The number of rotatable bonds is 1. The van der Waals surface area contributed by atoms with E-state index in [2.05, 4.69) is 0 Å². The van der Waals surface area contributed by atoms with Crippen LogP contribution in [-0.4, -0.2) is 36.5 Å². The molecule has 1 N–H and O–H groups in total. The summed E-state index contributed by atoms with van der Waals surface area (Å²) in [5.41, 5.74) is 1.70. The molecule has 4 heteroatoms. The quantitative estimate of drug-likeness (QED) is 0.715. The summed E-state index contributed by atoms with van der Waals surface area (Å²) < 4.78 is 11.5. The Bertz CT molecular complexity index is 352. The molecule has 3 rings (SSSR count). The first-order valence-electron chi connectivity index (χ1n) is 5.91. The van der Waals surface area contributed by atoms with Gasteiger partial charge in [-0.25, -0.2) is 0 Å². The van der Waals surface area contributed by atoms with Gasteiger partial charge in [-0.3, -0.25) is 4.79 Å². The van der Waals surface area contributed by atoms with Gasteiger partial charge in [0.1, 0.15) is 0 Å². The Kier molecular flexibility index (Phi) is 2.38. The molecule has 16 heavy (non-hydrogen) atoms. The molecule has 0 aromatic heterocycles. The summed E-state index contributed by atoms with van der Waals surface area (Å²) in [6.07, 6.45) is 2.96. The Morgan fingerprint density at radius 2 is 2.06 bits per heavy atom. The Labute approximate surface area is 94.2 Å². The van der Waals surface area contributed by atoms with Gasteiger partial charge in [0.15, 0.2) is 11.6 Å². The van der Waals surface area contributed by atoms with Crippen LogP contribution in [0.3, 0.4) is 0 Å². The van der Waals surface area contributed by atoms with E-state index in [0.717, 1.165) is 24.8 Å². The largest absolute Gasteiger partial charge is 0.392 e. The van der Waals surface area contributed by atoms with Gasteiger partial charge in [-0.05, 0) is 12.8 Å². The molecule has 0 amide bonds. The maximum atomic E-state index is 11.7. The van der Waals surface area contributed by atoms with Gasteiger partial charge in [0.2, 0.25) is 0 Å². The minimum absolute atomic E-state index is 0.101. The van der Waals surface area contributed by atoms with Gasteiger partial charge < -0.3 is 14.6 Å². The highest BCUT2D eigenvalue weighted by Crippen LogP contribution is 2.50. The summed E-state index contributed by atoms with van der Waals surface area (Å²) in [6, 6.07) is 0. The average molecular weight is 224 g/mol. The van der Waals surface area contributed by atoms with E-state index in [4.69, 9.17) is 9.47 Å². The first-order valence-corrected chi connectivity index (χ1v) is 5.91. The zero-order chi connectivity index (χ0) is 11.2. The third-order valence-electron chi connectivity index (χ3n) is 4.01. The number of carbonyl (C=O) groups is 1. The molecule has 4 nitrogen and oxygen atoms in total. The summed E-state index contributed by atoms with van der Waals surface area (Å²) in [5, 5.41) is 9.28. The fraction of sp³-hybridized carbons (Fsp3) is 0.750. The molecule has 1 unspecified atom stereocenters. The van der Waals surface area contributed by atoms with Crippen LogP contribution in [0.15, 0.2) is 11.1 Å². The predicted octanol–water partition coefficient (Wildman–Crippen LogP) is 0.791. The van der Waals surface area contributed by atoms with Gasteiger partial charge in [0.25, 0.3) is 0 Å². The summed E-state index contributed by atoms with van der Waals surface area (Å²) in [7, 11) is 0. The lowest BCUT2D eigenvalue weighted by atomic mass is 9.82. The fourth-order valence-corrected chi connectivity index (χ4v) is 3.29. The third-order valence-corrected chi connectivity index (χ3v) is 4.01. The van der Waals surface area contributed by atoms with Crippen molar-refractivity contribution in [2.45, 2.75) is 31.5 Å². The maximum absolute atomic E-state index is 11.7. The van der Waals surface area contributed by atoms with E-state index in [1.54, 1.807) is 0 Å². The second-order valence-electron chi connectivity index (χ2n) is 4.69. The Morgan fingerprint density at radius 3 is 2.75 bits per heavy atom. The van der Waals surface area contributed by atoms with Crippen molar-refractivity contribution in [1.82, 2.24) is 0 Å². The summed E-state index contributed by atoms with van der Waals surface area (Å²) in [4.78, 5) is 11.7. The smallest absolute Gasteiger partial charge is 0.175 e. The highest BCUT2D eigenvalue weighted by molar-refractivity contribution is 5.97. The van der Waals surface area contributed by atoms with Gasteiger partial charge in [-0.2, -0.15) is 0 Å². The monoisotopic (exact) mass is 224 g/mol. The third kappa shape index (κ3) is 1.30. The van der Waals surface area contributed by atoms with Crippen LogP contribution in [0.4, 0.5) is 0 Å². The van der Waals surface area contributed by atoms with Crippen molar-refractivity contribution in [3.8, 4) is 0 Å². The molecular weight excluding hydrogens is 208 g/mol. The van der Waals surface area contributed by atoms with Crippen molar-refractivity contribution in [1.29, 1.82) is 0 Å². The highest BCUT2D eigenvalue weighted by Gasteiger charge is 2.52. The van der Waals surface area contributed by atoms with E-state index in [1.807, 2.05) is 0 Å². The van der Waals surface area contributed by atoms with E-state index < -0.39 is 5.79 Å². The number of hydrogen-bond donors (Lipinski definition) is 1. The van der Waals surface area contributed by atoms with Gasteiger partial charge in [0, 0.05) is 24.3 Å². The van der Waals surface area contributed by atoms with Crippen LogP contribution < -0.4 is 0 Å². The van der Waals surface area contributed by atoms with Crippen molar-refractivity contribution in [2.24, 2.45) is 5.92 Å². The topological polar surface area (TPSA) is 55.8 Å². The minimum atomic E-state index is -0.476. The van der Waals surface area contributed by atoms with E-state index >= 15 is 0 Å². The van der Waals surface area contributed by atoms with Gasteiger partial charge in [0.05, 0.1) is 19.8 Å². The lowest BCUT2D eigenvalue weighted by Crippen LogP contribution is -2.37. The molecule has 3 aliphatic rings. The Hall–Kier alpha value is -0.710. The van der Waals surface area contributed by atoms with Crippen LogP contribution in [0, 0.1) is 5.92 Å². The fourth-order valence-electron chi connectivity index (χ4n) is 3.29. The number of fused-ring (bicyclic) bond motifs is 2. The molecule has 1 atom stereocenters. The van der Waals surface area contributed by atoms with Gasteiger partial charge in [-0.15, -0.1) is 0 Å². The number of carbonyl (C=O) groups excluding carboxylic acids is 1.